The van der Waals surface area contributed by atoms with Crippen LogP contribution in [0.15, 0.2) is 58.8 Å². The molecule has 178 valence electrons. The number of thioether (sulfide) groups is 1. The lowest BCUT2D eigenvalue weighted by Crippen LogP contribution is -2.22. The highest BCUT2D eigenvalue weighted by Gasteiger charge is 2.24. The van der Waals surface area contributed by atoms with Crippen LogP contribution in [0.25, 0.3) is 11.4 Å². The maximum absolute atomic E-state index is 12.5. The van der Waals surface area contributed by atoms with E-state index in [0.29, 0.717) is 6.04 Å². The standard InChI is InChI=1S/C26H31N5O2S/c1-18-9-11-21(12-10-18)25-29-30-26(31(25)22-7-5-4-6-8-22)34-17-24(32)28-27-19(2)20-13-15-23(33-3)16-14-20/h9-16,22H,4-8,17H2,1-3H3,(H,28,32)/b27-19+. The van der Waals surface area contributed by atoms with Crippen molar-refractivity contribution in [3.8, 4) is 17.1 Å². The van der Waals surface area contributed by atoms with Crippen molar-refractivity contribution in [1.82, 2.24) is 20.2 Å². The summed E-state index contributed by atoms with van der Waals surface area (Å²) in [6.45, 7) is 3.94. The maximum atomic E-state index is 12.5. The quantitative estimate of drug-likeness (QED) is 0.267. The van der Waals surface area contributed by atoms with Gasteiger partial charge in [0.2, 0.25) is 0 Å². The summed E-state index contributed by atoms with van der Waals surface area (Å²) in [6.07, 6.45) is 5.92. The minimum atomic E-state index is -0.173. The number of hydrogen-bond acceptors (Lipinski definition) is 6. The first kappa shape index (κ1) is 24.0. The van der Waals surface area contributed by atoms with Crippen molar-refractivity contribution in [1.29, 1.82) is 0 Å². The van der Waals surface area contributed by atoms with E-state index in [9.17, 15) is 4.79 Å². The third-order valence-electron chi connectivity index (χ3n) is 6.10. The predicted octanol–water partition coefficient (Wildman–Crippen LogP) is 5.40. The van der Waals surface area contributed by atoms with Gasteiger partial charge in [-0.2, -0.15) is 5.10 Å². The number of methoxy groups -OCH3 is 1. The number of carbonyl (C=O) groups excluding carboxylic acids is 1. The minimum absolute atomic E-state index is 0.173. The fourth-order valence-electron chi connectivity index (χ4n) is 4.15. The second-order valence-electron chi connectivity index (χ2n) is 8.58. The first-order valence-corrected chi connectivity index (χ1v) is 12.7. The number of rotatable bonds is 8. The Hall–Kier alpha value is -3.13. The number of ether oxygens (including phenoxy) is 1. The Morgan fingerprint density at radius 2 is 1.79 bits per heavy atom. The van der Waals surface area contributed by atoms with Crippen molar-refractivity contribution in [2.45, 2.75) is 57.1 Å². The van der Waals surface area contributed by atoms with Crippen LogP contribution in [0.4, 0.5) is 0 Å². The van der Waals surface area contributed by atoms with Crippen molar-refractivity contribution in [2.75, 3.05) is 12.9 Å². The molecule has 3 aromatic rings. The number of hydrogen-bond donors (Lipinski definition) is 1. The van der Waals surface area contributed by atoms with Crippen LogP contribution >= 0.6 is 11.8 Å². The molecular weight excluding hydrogens is 446 g/mol. The van der Waals surface area contributed by atoms with Gasteiger partial charge in [0.05, 0.1) is 18.6 Å². The number of hydrazone groups is 1. The van der Waals surface area contributed by atoms with Crippen molar-refractivity contribution >= 4 is 23.4 Å². The van der Waals surface area contributed by atoms with Crippen LogP contribution in [0.5, 0.6) is 5.75 Å². The molecule has 0 aliphatic heterocycles. The summed E-state index contributed by atoms with van der Waals surface area (Å²) in [5, 5.41) is 14.0. The zero-order valence-corrected chi connectivity index (χ0v) is 20.8. The molecule has 0 bridgehead atoms. The summed E-state index contributed by atoms with van der Waals surface area (Å²) >= 11 is 1.41. The average molecular weight is 478 g/mol. The second kappa shape index (κ2) is 11.3. The summed E-state index contributed by atoms with van der Waals surface area (Å²) < 4.78 is 7.43. The topological polar surface area (TPSA) is 81.4 Å². The molecule has 8 heteroatoms. The molecule has 0 spiro atoms. The van der Waals surface area contributed by atoms with Crippen molar-refractivity contribution in [3.63, 3.8) is 0 Å². The van der Waals surface area contributed by atoms with Gasteiger partial charge in [-0.1, -0.05) is 60.9 Å². The molecule has 2 aromatic carbocycles. The van der Waals surface area contributed by atoms with Gasteiger partial charge in [-0.15, -0.1) is 10.2 Å². The molecule has 0 radical (unpaired) electrons. The fraction of sp³-hybridized carbons (Fsp3) is 0.385. The molecule has 0 saturated heterocycles. The van der Waals surface area contributed by atoms with Gasteiger partial charge in [0, 0.05) is 11.6 Å². The molecule has 1 heterocycles. The molecule has 1 fully saturated rings. The summed E-state index contributed by atoms with van der Waals surface area (Å²) in [7, 11) is 1.63. The fourth-order valence-corrected chi connectivity index (χ4v) is 4.95. The molecule has 1 N–H and O–H groups in total. The Bertz CT molecular complexity index is 1130. The molecule has 1 aliphatic rings. The molecule has 1 aliphatic carbocycles. The largest absolute Gasteiger partial charge is 0.497 e. The Morgan fingerprint density at radius 3 is 2.47 bits per heavy atom. The van der Waals surface area contributed by atoms with Crippen molar-refractivity contribution < 1.29 is 9.53 Å². The van der Waals surface area contributed by atoms with Gasteiger partial charge in [0.25, 0.3) is 5.91 Å². The lowest BCUT2D eigenvalue weighted by molar-refractivity contribution is -0.118. The van der Waals surface area contributed by atoms with E-state index in [1.807, 2.05) is 31.2 Å². The van der Waals surface area contributed by atoms with Gasteiger partial charge in [0.1, 0.15) is 5.75 Å². The Kier molecular flexibility index (Phi) is 8.00. The summed E-state index contributed by atoms with van der Waals surface area (Å²) in [6, 6.07) is 16.3. The van der Waals surface area contributed by atoms with Crippen LogP contribution in [-0.2, 0) is 4.79 Å². The Labute approximate surface area is 205 Å². The molecule has 1 saturated carbocycles. The van der Waals surface area contributed by atoms with E-state index < -0.39 is 0 Å². The first-order chi connectivity index (χ1) is 16.5. The predicted molar refractivity (Wildman–Crippen MR) is 136 cm³/mol. The highest BCUT2D eigenvalue weighted by molar-refractivity contribution is 7.99. The summed E-state index contributed by atoms with van der Waals surface area (Å²) in [5.74, 6) is 1.71. The van der Waals surface area contributed by atoms with Gasteiger partial charge in [-0.05, 0) is 56.5 Å². The SMILES string of the molecule is COc1ccc(/C(C)=N/NC(=O)CSc2nnc(-c3ccc(C)cc3)n2C2CCCCC2)cc1. The van der Waals surface area contributed by atoms with E-state index in [1.165, 1.54) is 36.6 Å². The zero-order chi connectivity index (χ0) is 23.9. The maximum Gasteiger partial charge on any atom is 0.250 e. The summed E-state index contributed by atoms with van der Waals surface area (Å²) in [4.78, 5) is 12.5. The highest BCUT2D eigenvalue weighted by atomic mass is 32.2. The Balaban J connectivity index is 1.45. The molecule has 7 nitrogen and oxygen atoms in total. The van der Waals surface area contributed by atoms with E-state index >= 15 is 0 Å². The summed E-state index contributed by atoms with van der Waals surface area (Å²) in [5.41, 5.74) is 6.58. The average Bonchev–Trinajstić information content (AvgIpc) is 3.31. The number of carbonyl (C=O) groups is 1. The van der Waals surface area contributed by atoms with E-state index in [2.05, 4.69) is 56.5 Å². The molecule has 1 amide bonds. The monoisotopic (exact) mass is 477 g/mol. The van der Waals surface area contributed by atoms with Crippen LogP contribution in [-0.4, -0.2) is 39.2 Å². The van der Waals surface area contributed by atoms with Gasteiger partial charge < -0.3 is 4.74 Å². The lowest BCUT2D eigenvalue weighted by atomic mass is 9.95. The molecule has 0 atom stereocenters. The van der Waals surface area contributed by atoms with Crippen LogP contribution in [0, 0.1) is 6.92 Å². The Morgan fingerprint density at radius 1 is 1.09 bits per heavy atom. The van der Waals surface area contributed by atoms with Gasteiger partial charge in [0.15, 0.2) is 11.0 Å². The van der Waals surface area contributed by atoms with Crippen molar-refractivity contribution in [2.24, 2.45) is 5.10 Å². The van der Waals surface area contributed by atoms with Gasteiger partial charge in [-0.3, -0.25) is 9.36 Å². The molecule has 0 unspecified atom stereocenters. The lowest BCUT2D eigenvalue weighted by Gasteiger charge is -2.25. The second-order valence-corrected chi connectivity index (χ2v) is 9.53. The van der Waals surface area contributed by atoms with Crippen molar-refractivity contribution in [3.05, 3.63) is 59.7 Å². The minimum Gasteiger partial charge on any atom is -0.497 e. The number of aromatic nitrogens is 3. The van der Waals surface area contributed by atoms with Crippen LogP contribution in [0.1, 0.15) is 56.2 Å². The highest BCUT2D eigenvalue weighted by Crippen LogP contribution is 2.35. The van der Waals surface area contributed by atoms with Crippen LogP contribution in [0.3, 0.4) is 0 Å². The third kappa shape index (κ3) is 5.86. The normalized spacial score (nSPS) is 14.7. The molecule has 4 rings (SSSR count). The van der Waals surface area contributed by atoms with E-state index in [4.69, 9.17) is 4.74 Å². The zero-order valence-electron chi connectivity index (χ0n) is 20.0. The van der Waals surface area contributed by atoms with Gasteiger partial charge >= 0.3 is 0 Å². The molecule has 34 heavy (non-hydrogen) atoms. The number of benzene rings is 2. The first-order valence-electron chi connectivity index (χ1n) is 11.7. The number of amides is 1. The molecular formula is C26H31N5O2S. The van der Waals surface area contributed by atoms with E-state index in [1.54, 1.807) is 7.11 Å². The van der Waals surface area contributed by atoms with E-state index in [-0.39, 0.29) is 11.7 Å². The molecule has 1 aromatic heterocycles. The van der Waals surface area contributed by atoms with Crippen LogP contribution < -0.4 is 10.2 Å². The number of nitrogens with one attached hydrogen (secondary N) is 1. The third-order valence-corrected chi connectivity index (χ3v) is 7.05. The number of nitrogens with zero attached hydrogens (tertiary/aromatic N) is 4. The van der Waals surface area contributed by atoms with Crippen LogP contribution in [0.2, 0.25) is 0 Å². The van der Waals surface area contributed by atoms with Gasteiger partial charge in [-0.25, -0.2) is 5.43 Å². The number of aryl methyl sites for hydroxylation is 1. The van der Waals surface area contributed by atoms with E-state index in [0.717, 1.165) is 46.4 Å². The smallest absolute Gasteiger partial charge is 0.250 e.